The van der Waals surface area contributed by atoms with Crippen LogP contribution in [0.1, 0.15) is 18.9 Å². The van der Waals surface area contributed by atoms with Crippen LogP contribution in [0.25, 0.3) is 0 Å². The molecule has 0 fully saturated rings. The molecule has 3 rings (SSSR count). The molecule has 0 spiro atoms. The van der Waals surface area contributed by atoms with E-state index in [0.29, 0.717) is 28.2 Å². The van der Waals surface area contributed by atoms with Crippen molar-refractivity contribution in [2.45, 2.75) is 18.2 Å². The summed E-state index contributed by atoms with van der Waals surface area (Å²) in [6, 6.07) is 14.0. The molecule has 0 aliphatic heterocycles. The number of rotatable bonds is 8. The third-order valence-corrected chi connectivity index (χ3v) is 5.14. The Bertz CT molecular complexity index is 992. The lowest BCUT2D eigenvalue weighted by atomic mass is 10.3. The van der Waals surface area contributed by atoms with E-state index in [1.807, 2.05) is 38.2 Å². The Kier molecular flexibility index (Phi) is 6.61. The van der Waals surface area contributed by atoms with Crippen molar-refractivity contribution < 1.29 is 19.4 Å². The maximum atomic E-state index is 12.2. The minimum absolute atomic E-state index is 0.0223. The van der Waals surface area contributed by atoms with Crippen LogP contribution >= 0.6 is 11.8 Å². The molecule has 0 bridgehead atoms. The molecule has 0 aliphatic rings. The van der Waals surface area contributed by atoms with Gasteiger partial charge in [-0.15, -0.1) is 10.2 Å². The lowest BCUT2D eigenvalue weighted by molar-refractivity contribution is -0.113. The highest BCUT2D eigenvalue weighted by Gasteiger charge is 2.19. The number of aromatic hydroxyl groups is 1. The highest BCUT2D eigenvalue weighted by Crippen LogP contribution is 2.31. The summed E-state index contributed by atoms with van der Waals surface area (Å²) < 4.78 is 13.1. The zero-order chi connectivity index (χ0) is 20.8. The minimum Gasteiger partial charge on any atom is -0.506 e. The van der Waals surface area contributed by atoms with Crippen LogP contribution in [0.2, 0.25) is 0 Å². The van der Waals surface area contributed by atoms with Crippen LogP contribution in [-0.4, -0.2) is 38.6 Å². The average Bonchev–Trinajstić information content (AvgIpc) is 3.09. The summed E-state index contributed by atoms with van der Waals surface area (Å²) in [5.41, 5.74) is 0.371. The van der Waals surface area contributed by atoms with Crippen molar-refractivity contribution in [1.29, 1.82) is 0 Å². The molecule has 3 aromatic rings. The minimum atomic E-state index is -0.367. The van der Waals surface area contributed by atoms with E-state index in [1.54, 1.807) is 29.9 Å². The lowest BCUT2D eigenvalue weighted by Gasteiger charge is -2.16. The number of phenolic OH excluding ortho intramolecular Hbond substituents is 1. The molecular formula is C20H22N4O4S. The zero-order valence-electron chi connectivity index (χ0n) is 16.3. The first kappa shape index (κ1) is 20.5. The molecular weight excluding hydrogens is 392 g/mol. The van der Waals surface area contributed by atoms with Gasteiger partial charge >= 0.3 is 0 Å². The largest absolute Gasteiger partial charge is 0.506 e. The predicted molar refractivity (Wildman–Crippen MR) is 111 cm³/mol. The fourth-order valence-corrected chi connectivity index (χ4v) is 3.38. The van der Waals surface area contributed by atoms with Crippen LogP contribution < -0.4 is 14.8 Å². The summed E-state index contributed by atoms with van der Waals surface area (Å²) in [6.45, 7) is 1.87. The van der Waals surface area contributed by atoms with Gasteiger partial charge in [0.15, 0.2) is 28.6 Å². The van der Waals surface area contributed by atoms with Gasteiger partial charge in [0, 0.05) is 7.05 Å². The van der Waals surface area contributed by atoms with Crippen LogP contribution in [0.4, 0.5) is 5.69 Å². The molecule has 9 heteroatoms. The molecule has 1 aromatic heterocycles. The molecule has 152 valence electrons. The van der Waals surface area contributed by atoms with Crippen LogP contribution in [0.3, 0.4) is 0 Å². The zero-order valence-corrected chi connectivity index (χ0v) is 17.1. The number of methoxy groups -OCH3 is 1. The van der Waals surface area contributed by atoms with E-state index in [0.717, 1.165) is 0 Å². The molecule has 1 atom stereocenters. The maximum Gasteiger partial charge on any atom is 0.234 e. The molecule has 1 unspecified atom stereocenters. The van der Waals surface area contributed by atoms with Gasteiger partial charge in [-0.25, -0.2) is 0 Å². The van der Waals surface area contributed by atoms with Crippen molar-refractivity contribution in [3.05, 3.63) is 54.4 Å². The Labute approximate surface area is 172 Å². The van der Waals surface area contributed by atoms with Gasteiger partial charge in [0.2, 0.25) is 5.91 Å². The molecule has 0 saturated heterocycles. The van der Waals surface area contributed by atoms with Crippen molar-refractivity contribution in [2.24, 2.45) is 7.05 Å². The number of benzene rings is 2. The number of carbonyl (C=O) groups excluding carboxylic acids is 1. The predicted octanol–water partition coefficient (Wildman–Crippen LogP) is 3.40. The van der Waals surface area contributed by atoms with E-state index in [4.69, 9.17) is 9.47 Å². The van der Waals surface area contributed by atoms with Gasteiger partial charge in [-0.1, -0.05) is 36.0 Å². The van der Waals surface area contributed by atoms with Crippen LogP contribution in [0.5, 0.6) is 17.2 Å². The number of phenols is 1. The second-order valence-corrected chi connectivity index (χ2v) is 7.11. The average molecular weight is 414 g/mol. The third-order valence-electron chi connectivity index (χ3n) is 4.12. The van der Waals surface area contributed by atoms with E-state index in [9.17, 15) is 9.90 Å². The molecule has 1 heterocycles. The Balaban J connectivity index is 1.61. The number of thioether (sulfide) groups is 1. The van der Waals surface area contributed by atoms with Gasteiger partial charge in [0.1, 0.15) is 5.75 Å². The maximum absolute atomic E-state index is 12.2. The first-order chi connectivity index (χ1) is 14.0. The Hall–Kier alpha value is -3.20. The molecule has 0 aliphatic carbocycles. The molecule has 29 heavy (non-hydrogen) atoms. The Morgan fingerprint density at radius 3 is 2.59 bits per heavy atom. The molecule has 2 aromatic carbocycles. The number of nitrogens with one attached hydrogen (secondary N) is 1. The Morgan fingerprint density at radius 1 is 1.17 bits per heavy atom. The Morgan fingerprint density at radius 2 is 1.86 bits per heavy atom. The topological polar surface area (TPSA) is 98.5 Å². The first-order valence-electron chi connectivity index (χ1n) is 8.89. The summed E-state index contributed by atoms with van der Waals surface area (Å²) in [6.07, 6.45) is -0.367. The monoisotopic (exact) mass is 414 g/mol. The number of para-hydroxylation sites is 4. The second-order valence-electron chi connectivity index (χ2n) is 6.16. The summed E-state index contributed by atoms with van der Waals surface area (Å²) in [4.78, 5) is 12.2. The molecule has 1 amide bonds. The molecule has 0 radical (unpaired) electrons. The van der Waals surface area contributed by atoms with Crippen molar-refractivity contribution in [3.63, 3.8) is 0 Å². The van der Waals surface area contributed by atoms with Gasteiger partial charge in [0.05, 0.1) is 18.6 Å². The van der Waals surface area contributed by atoms with Gasteiger partial charge in [-0.2, -0.15) is 0 Å². The molecule has 2 N–H and O–H groups in total. The molecule has 0 saturated carbocycles. The number of hydrogen-bond donors (Lipinski definition) is 2. The van der Waals surface area contributed by atoms with E-state index < -0.39 is 0 Å². The fourth-order valence-electron chi connectivity index (χ4n) is 2.66. The first-order valence-corrected chi connectivity index (χ1v) is 9.87. The van der Waals surface area contributed by atoms with E-state index in [1.165, 1.54) is 17.8 Å². The third kappa shape index (κ3) is 5.00. The highest BCUT2D eigenvalue weighted by atomic mass is 32.2. The second kappa shape index (κ2) is 9.33. The van der Waals surface area contributed by atoms with Gasteiger partial charge in [0.25, 0.3) is 0 Å². The normalized spacial score (nSPS) is 11.7. The number of nitrogens with zero attached hydrogens (tertiary/aromatic N) is 3. The van der Waals surface area contributed by atoms with Crippen molar-refractivity contribution >= 4 is 23.4 Å². The van der Waals surface area contributed by atoms with Gasteiger partial charge in [-0.05, 0) is 31.2 Å². The number of anilines is 1. The van der Waals surface area contributed by atoms with Crippen molar-refractivity contribution in [3.8, 4) is 17.2 Å². The quantitative estimate of drug-likeness (QED) is 0.430. The van der Waals surface area contributed by atoms with Crippen LogP contribution in [0.15, 0.2) is 53.7 Å². The summed E-state index contributed by atoms with van der Waals surface area (Å²) >= 11 is 1.25. The standard InChI is InChI=1S/C20H22N4O4S/c1-13(28-17-11-7-6-10-16(17)27-3)19-22-23-20(24(19)2)29-12-18(26)21-14-8-4-5-9-15(14)25/h4-11,13,25H,12H2,1-3H3,(H,21,26). The van der Waals surface area contributed by atoms with Crippen LogP contribution in [0, 0.1) is 0 Å². The van der Waals surface area contributed by atoms with E-state index >= 15 is 0 Å². The summed E-state index contributed by atoms with van der Waals surface area (Å²) in [5, 5.41) is 21.3. The number of hydrogen-bond acceptors (Lipinski definition) is 7. The van der Waals surface area contributed by atoms with Gasteiger partial charge < -0.3 is 24.5 Å². The van der Waals surface area contributed by atoms with Gasteiger partial charge in [-0.3, -0.25) is 4.79 Å². The summed E-state index contributed by atoms with van der Waals surface area (Å²) in [5.74, 6) is 1.77. The fraction of sp³-hybridized carbons (Fsp3) is 0.250. The number of aromatic nitrogens is 3. The van der Waals surface area contributed by atoms with E-state index in [2.05, 4.69) is 15.5 Å². The number of carbonyl (C=O) groups is 1. The lowest BCUT2D eigenvalue weighted by Crippen LogP contribution is -2.15. The highest BCUT2D eigenvalue weighted by molar-refractivity contribution is 7.99. The van der Waals surface area contributed by atoms with Crippen molar-refractivity contribution in [2.75, 3.05) is 18.2 Å². The number of ether oxygens (including phenoxy) is 2. The SMILES string of the molecule is COc1ccccc1OC(C)c1nnc(SCC(=O)Nc2ccccc2O)n1C. The number of amides is 1. The summed E-state index contributed by atoms with van der Waals surface area (Å²) in [7, 11) is 3.41. The van der Waals surface area contributed by atoms with E-state index in [-0.39, 0.29) is 23.5 Å². The van der Waals surface area contributed by atoms with Crippen LogP contribution in [-0.2, 0) is 11.8 Å². The smallest absolute Gasteiger partial charge is 0.234 e. The van der Waals surface area contributed by atoms with Crippen molar-refractivity contribution in [1.82, 2.24) is 14.8 Å². The molecule has 8 nitrogen and oxygen atoms in total.